The summed E-state index contributed by atoms with van der Waals surface area (Å²) in [6.07, 6.45) is 5.29. The Labute approximate surface area is 93.4 Å². The van der Waals surface area contributed by atoms with Crippen molar-refractivity contribution in [2.24, 2.45) is 5.92 Å². The van der Waals surface area contributed by atoms with Gasteiger partial charge in [0.2, 0.25) is 0 Å². The third kappa shape index (κ3) is 3.52. The molecule has 2 nitrogen and oxygen atoms in total. The Morgan fingerprint density at radius 2 is 2.20 bits per heavy atom. The van der Waals surface area contributed by atoms with Crippen LogP contribution in [0.25, 0.3) is 0 Å². The molecule has 0 amide bonds. The molecule has 0 aromatic rings. The Morgan fingerprint density at radius 3 is 2.93 bits per heavy atom. The van der Waals surface area contributed by atoms with Crippen molar-refractivity contribution in [1.29, 1.82) is 0 Å². The minimum absolute atomic E-state index is 0.889. The Bertz CT molecular complexity index is 247. The van der Waals surface area contributed by atoms with Crippen molar-refractivity contribution in [2.75, 3.05) is 26.2 Å². The predicted molar refractivity (Wildman–Crippen MR) is 63.6 cm³/mol. The van der Waals surface area contributed by atoms with E-state index in [0.717, 1.165) is 24.9 Å². The second kappa shape index (κ2) is 5.53. The van der Waals surface area contributed by atoms with Gasteiger partial charge in [0, 0.05) is 25.6 Å². The van der Waals surface area contributed by atoms with Crippen molar-refractivity contribution in [3.05, 3.63) is 0 Å². The Kier molecular flexibility index (Phi) is 4.05. The van der Waals surface area contributed by atoms with E-state index in [1.807, 2.05) is 6.92 Å². The van der Waals surface area contributed by atoms with Crippen molar-refractivity contribution < 1.29 is 0 Å². The lowest BCUT2D eigenvalue weighted by molar-refractivity contribution is 0.312. The molecule has 0 aromatic carbocycles. The summed E-state index contributed by atoms with van der Waals surface area (Å²) in [5, 5.41) is 3.51. The van der Waals surface area contributed by atoms with Crippen LogP contribution in [0.5, 0.6) is 0 Å². The molecule has 0 spiro atoms. The van der Waals surface area contributed by atoms with E-state index in [1.165, 1.54) is 38.9 Å². The van der Waals surface area contributed by atoms with E-state index in [-0.39, 0.29) is 0 Å². The highest BCUT2D eigenvalue weighted by atomic mass is 15.2. The largest absolute Gasteiger partial charge is 0.315 e. The number of rotatable bonds is 5. The minimum Gasteiger partial charge on any atom is -0.315 e. The van der Waals surface area contributed by atoms with E-state index in [1.54, 1.807) is 0 Å². The molecule has 1 N–H and O–H groups in total. The topological polar surface area (TPSA) is 15.3 Å². The van der Waals surface area contributed by atoms with Crippen molar-refractivity contribution in [1.82, 2.24) is 10.2 Å². The van der Waals surface area contributed by atoms with E-state index < -0.39 is 0 Å². The zero-order valence-corrected chi connectivity index (χ0v) is 9.76. The summed E-state index contributed by atoms with van der Waals surface area (Å²) in [4.78, 5) is 2.68. The fourth-order valence-electron chi connectivity index (χ4n) is 2.38. The van der Waals surface area contributed by atoms with Gasteiger partial charge in [0.05, 0.1) is 0 Å². The second-order valence-electron chi connectivity index (χ2n) is 4.76. The van der Waals surface area contributed by atoms with Gasteiger partial charge in [0.15, 0.2) is 0 Å². The smallest absolute Gasteiger partial charge is 0.0214 e. The maximum atomic E-state index is 3.51. The molecule has 1 saturated carbocycles. The molecule has 2 fully saturated rings. The van der Waals surface area contributed by atoms with Crippen molar-refractivity contribution in [3.63, 3.8) is 0 Å². The molecule has 0 aromatic heterocycles. The lowest BCUT2D eigenvalue weighted by Gasteiger charge is -2.14. The molecule has 1 aliphatic heterocycles. The van der Waals surface area contributed by atoms with E-state index in [9.17, 15) is 0 Å². The SMILES string of the molecule is CC#CCCNCC1CCN(C2CC2)C1. The second-order valence-corrected chi connectivity index (χ2v) is 4.76. The van der Waals surface area contributed by atoms with Crippen molar-refractivity contribution >= 4 is 0 Å². The van der Waals surface area contributed by atoms with Crippen LogP contribution in [0.2, 0.25) is 0 Å². The Hall–Kier alpha value is -0.520. The Morgan fingerprint density at radius 1 is 1.33 bits per heavy atom. The van der Waals surface area contributed by atoms with Crippen LogP contribution in [0, 0.1) is 17.8 Å². The maximum absolute atomic E-state index is 3.51. The lowest BCUT2D eigenvalue weighted by Crippen LogP contribution is -2.28. The van der Waals surface area contributed by atoms with Gasteiger partial charge < -0.3 is 10.2 Å². The highest BCUT2D eigenvalue weighted by Gasteiger charge is 2.33. The summed E-state index contributed by atoms with van der Waals surface area (Å²) in [6.45, 7) is 6.82. The minimum atomic E-state index is 0.889. The van der Waals surface area contributed by atoms with Gasteiger partial charge >= 0.3 is 0 Å². The fourth-order valence-corrected chi connectivity index (χ4v) is 2.38. The molecule has 84 valence electrons. The first-order chi connectivity index (χ1) is 7.40. The van der Waals surface area contributed by atoms with E-state index in [0.29, 0.717) is 0 Å². The average molecular weight is 206 g/mol. The number of nitrogens with zero attached hydrogens (tertiary/aromatic N) is 1. The number of hydrogen-bond acceptors (Lipinski definition) is 2. The molecule has 1 atom stereocenters. The molecule has 0 bridgehead atoms. The first-order valence-electron chi connectivity index (χ1n) is 6.24. The summed E-state index contributed by atoms with van der Waals surface area (Å²) in [5.74, 6) is 6.90. The quantitative estimate of drug-likeness (QED) is 0.541. The molecule has 2 rings (SSSR count). The third-order valence-corrected chi connectivity index (χ3v) is 3.42. The van der Waals surface area contributed by atoms with Gasteiger partial charge in [-0.2, -0.15) is 0 Å². The van der Waals surface area contributed by atoms with Gasteiger partial charge in [-0.25, -0.2) is 0 Å². The summed E-state index contributed by atoms with van der Waals surface area (Å²) < 4.78 is 0. The number of hydrogen-bond donors (Lipinski definition) is 1. The van der Waals surface area contributed by atoms with Gasteiger partial charge in [-0.15, -0.1) is 11.8 Å². The van der Waals surface area contributed by atoms with Crippen LogP contribution in [-0.2, 0) is 0 Å². The fraction of sp³-hybridized carbons (Fsp3) is 0.846. The van der Waals surface area contributed by atoms with Gasteiger partial charge in [0.25, 0.3) is 0 Å². The highest BCUT2D eigenvalue weighted by Crippen LogP contribution is 2.31. The van der Waals surface area contributed by atoms with E-state index >= 15 is 0 Å². The number of nitrogens with one attached hydrogen (secondary N) is 1. The molecular formula is C13H22N2. The first kappa shape index (κ1) is 11.0. The summed E-state index contributed by atoms with van der Waals surface area (Å²) in [5.41, 5.74) is 0. The van der Waals surface area contributed by atoms with Crippen molar-refractivity contribution in [2.45, 2.75) is 38.6 Å². The average Bonchev–Trinajstić information content (AvgIpc) is 2.99. The molecule has 0 radical (unpaired) electrons. The van der Waals surface area contributed by atoms with Gasteiger partial charge in [0.1, 0.15) is 0 Å². The molecule has 15 heavy (non-hydrogen) atoms. The van der Waals surface area contributed by atoms with Crippen LogP contribution in [-0.4, -0.2) is 37.1 Å². The summed E-state index contributed by atoms with van der Waals surface area (Å²) in [6, 6.07) is 0.959. The summed E-state index contributed by atoms with van der Waals surface area (Å²) in [7, 11) is 0. The highest BCUT2D eigenvalue weighted by molar-refractivity contribution is 4.95. The van der Waals surface area contributed by atoms with Gasteiger partial charge in [-0.05, 0) is 45.2 Å². The molecule has 2 heteroatoms. The lowest BCUT2D eigenvalue weighted by atomic mass is 10.1. The normalized spacial score (nSPS) is 26.3. The molecule has 1 heterocycles. The van der Waals surface area contributed by atoms with Gasteiger partial charge in [-0.1, -0.05) is 0 Å². The zero-order chi connectivity index (χ0) is 10.5. The first-order valence-corrected chi connectivity index (χ1v) is 6.24. The molecule has 1 saturated heterocycles. The van der Waals surface area contributed by atoms with Crippen LogP contribution in [0.4, 0.5) is 0 Å². The van der Waals surface area contributed by atoms with E-state index in [4.69, 9.17) is 0 Å². The van der Waals surface area contributed by atoms with Crippen molar-refractivity contribution in [3.8, 4) is 11.8 Å². The van der Waals surface area contributed by atoms with Crippen LogP contribution in [0.3, 0.4) is 0 Å². The zero-order valence-electron chi connectivity index (χ0n) is 9.76. The number of likely N-dealkylation sites (tertiary alicyclic amines) is 1. The van der Waals surface area contributed by atoms with Crippen LogP contribution in [0.15, 0.2) is 0 Å². The summed E-state index contributed by atoms with van der Waals surface area (Å²) >= 11 is 0. The van der Waals surface area contributed by atoms with Gasteiger partial charge in [-0.3, -0.25) is 0 Å². The maximum Gasteiger partial charge on any atom is 0.0214 e. The predicted octanol–water partition coefficient (Wildman–Crippen LogP) is 1.47. The monoisotopic (exact) mass is 206 g/mol. The van der Waals surface area contributed by atoms with Crippen LogP contribution >= 0.6 is 0 Å². The van der Waals surface area contributed by atoms with Crippen LogP contribution in [0.1, 0.15) is 32.6 Å². The van der Waals surface area contributed by atoms with Crippen LogP contribution < -0.4 is 5.32 Å². The molecular weight excluding hydrogens is 184 g/mol. The molecule has 1 unspecified atom stereocenters. The molecule has 1 aliphatic carbocycles. The van der Waals surface area contributed by atoms with E-state index in [2.05, 4.69) is 22.1 Å². The molecule has 2 aliphatic rings. The Balaban J connectivity index is 1.53. The third-order valence-electron chi connectivity index (χ3n) is 3.42. The standard InChI is InChI=1S/C13H22N2/c1-2-3-4-8-14-10-12-7-9-15(11-12)13-5-6-13/h12-14H,4-11H2,1H3.